The molecule has 0 spiro atoms. The van der Waals surface area contributed by atoms with E-state index >= 15 is 0 Å². The van der Waals surface area contributed by atoms with Crippen molar-refractivity contribution in [2.24, 2.45) is 0 Å². The number of aromatic nitrogens is 1. The molecule has 3 heteroatoms. The lowest BCUT2D eigenvalue weighted by molar-refractivity contribution is -0.837. The molecule has 0 unspecified atom stereocenters. The van der Waals surface area contributed by atoms with E-state index in [2.05, 4.69) is 36.6 Å². The third kappa shape index (κ3) is 2.47. The van der Waals surface area contributed by atoms with Gasteiger partial charge in [0.2, 0.25) is 0 Å². The van der Waals surface area contributed by atoms with Crippen LogP contribution in [0.3, 0.4) is 0 Å². The van der Waals surface area contributed by atoms with E-state index in [9.17, 15) is 0 Å². The lowest BCUT2D eigenvalue weighted by Gasteiger charge is -2.19. The average Bonchev–Trinajstić information content (AvgIpc) is 2.90. The highest BCUT2D eigenvalue weighted by molar-refractivity contribution is 7.13. The highest BCUT2D eigenvalue weighted by Gasteiger charge is 2.19. The van der Waals surface area contributed by atoms with E-state index in [1.807, 2.05) is 0 Å². The van der Waals surface area contributed by atoms with Crippen LogP contribution >= 0.6 is 11.3 Å². The molecule has 1 N–H and O–H groups in total. The molecule has 0 bridgehead atoms. The van der Waals surface area contributed by atoms with Gasteiger partial charge in [0.1, 0.15) is 0 Å². The number of hydrogen-bond donors (Lipinski definition) is 1. The third-order valence-electron chi connectivity index (χ3n) is 3.61. The zero-order valence-electron chi connectivity index (χ0n) is 10.8. The van der Waals surface area contributed by atoms with Crippen molar-refractivity contribution in [1.29, 1.82) is 0 Å². The second-order valence-electron chi connectivity index (χ2n) is 5.07. The summed E-state index contributed by atoms with van der Waals surface area (Å²) >= 11 is 1.81. The number of nitrogens with one attached hydrogen (secondary N) is 1. The summed E-state index contributed by atoms with van der Waals surface area (Å²) in [5.74, 6) is 0. The Balaban J connectivity index is 1.82. The minimum atomic E-state index is 1.13. The van der Waals surface area contributed by atoms with Crippen molar-refractivity contribution >= 4 is 16.5 Å². The van der Waals surface area contributed by atoms with Gasteiger partial charge < -0.3 is 0 Å². The van der Waals surface area contributed by atoms with E-state index < -0.39 is 0 Å². The van der Waals surface area contributed by atoms with Gasteiger partial charge in [-0.3, -0.25) is 4.90 Å². The fourth-order valence-corrected chi connectivity index (χ4v) is 3.42. The van der Waals surface area contributed by atoms with E-state index in [0.717, 1.165) is 5.69 Å². The van der Waals surface area contributed by atoms with Crippen LogP contribution in [0.4, 0.5) is 5.13 Å². The van der Waals surface area contributed by atoms with Crippen molar-refractivity contribution in [2.75, 3.05) is 13.1 Å². The van der Waals surface area contributed by atoms with Gasteiger partial charge in [-0.25, -0.2) is 0 Å². The van der Waals surface area contributed by atoms with Gasteiger partial charge in [0, 0.05) is 10.9 Å². The topological polar surface area (TPSA) is 17.3 Å². The third-order valence-corrected chi connectivity index (χ3v) is 4.56. The molecule has 1 aromatic heterocycles. The van der Waals surface area contributed by atoms with Crippen molar-refractivity contribution in [3.05, 3.63) is 35.2 Å². The van der Waals surface area contributed by atoms with E-state index in [1.165, 1.54) is 48.6 Å². The Morgan fingerprint density at radius 1 is 1.06 bits per heavy atom. The summed E-state index contributed by atoms with van der Waals surface area (Å²) < 4.78 is 0. The summed E-state index contributed by atoms with van der Waals surface area (Å²) in [6.45, 7) is 4.62. The maximum atomic E-state index is 4.82. The number of thiazole rings is 1. The summed E-state index contributed by atoms with van der Waals surface area (Å²) in [6.07, 6.45) is 4.07. The minimum Gasteiger partial charge on any atom is -0.277 e. The lowest BCUT2D eigenvalue weighted by Crippen LogP contribution is -3.08. The molecule has 1 fully saturated rings. The summed E-state index contributed by atoms with van der Waals surface area (Å²) in [4.78, 5) is 6.39. The first-order chi connectivity index (χ1) is 8.83. The average molecular weight is 259 g/mol. The Morgan fingerprint density at radius 2 is 1.78 bits per heavy atom. The van der Waals surface area contributed by atoms with Gasteiger partial charge in [0.15, 0.2) is 0 Å². The van der Waals surface area contributed by atoms with Gasteiger partial charge in [0.25, 0.3) is 5.13 Å². The van der Waals surface area contributed by atoms with Crippen LogP contribution in [-0.2, 0) is 0 Å². The van der Waals surface area contributed by atoms with Crippen molar-refractivity contribution < 1.29 is 4.90 Å². The van der Waals surface area contributed by atoms with Crippen LogP contribution in [0.15, 0.2) is 29.6 Å². The monoisotopic (exact) mass is 259 g/mol. The molecule has 0 saturated carbocycles. The van der Waals surface area contributed by atoms with E-state index in [-0.39, 0.29) is 0 Å². The minimum absolute atomic E-state index is 1.13. The Morgan fingerprint density at radius 3 is 2.50 bits per heavy atom. The molecule has 18 heavy (non-hydrogen) atoms. The maximum absolute atomic E-state index is 4.82. The van der Waals surface area contributed by atoms with E-state index in [0.29, 0.717) is 0 Å². The Bertz CT molecular complexity index is 510. The first kappa shape index (κ1) is 11.9. The predicted octanol–water partition coefficient (Wildman–Crippen LogP) is 2.82. The molecule has 0 radical (unpaired) electrons. The lowest BCUT2D eigenvalue weighted by atomic mass is 10.1. The Labute approximate surface area is 112 Å². The molecule has 2 nitrogen and oxygen atoms in total. The van der Waals surface area contributed by atoms with Gasteiger partial charge >= 0.3 is 0 Å². The van der Waals surface area contributed by atoms with Crippen LogP contribution in [0.1, 0.15) is 24.8 Å². The van der Waals surface area contributed by atoms with Gasteiger partial charge in [-0.2, -0.15) is 4.98 Å². The van der Waals surface area contributed by atoms with Crippen LogP contribution in [0.25, 0.3) is 11.3 Å². The van der Waals surface area contributed by atoms with Gasteiger partial charge in [-0.15, -0.1) is 0 Å². The summed E-state index contributed by atoms with van der Waals surface area (Å²) in [5, 5.41) is 3.46. The molecule has 1 aliphatic heterocycles. The molecule has 2 heterocycles. The molecule has 3 rings (SSSR count). The Hall–Kier alpha value is -1.19. The highest BCUT2D eigenvalue weighted by Crippen LogP contribution is 2.23. The predicted molar refractivity (Wildman–Crippen MR) is 76.5 cm³/mol. The molecule has 0 atom stereocenters. The fraction of sp³-hybridized carbons (Fsp3) is 0.400. The number of rotatable bonds is 2. The summed E-state index contributed by atoms with van der Waals surface area (Å²) in [6, 6.07) is 8.64. The molecule has 1 saturated heterocycles. The first-order valence-corrected chi connectivity index (χ1v) is 7.58. The summed E-state index contributed by atoms with van der Waals surface area (Å²) in [5.41, 5.74) is 3.67. The maximum Gasteiger partial charge on any atom is 0.284 e. The SMILES string of the molecule is Cc1ccc(-c2csc([NH+]3CCCCC3)n2)cc1. The second kappa shape index (κ2) is 5.21. The smallest absolute Gasteiger partial charge is 0.277 e. The number of piperidine rings is 1. The number of benzene rings is 1. The van der Waals surface area contributed by atoms with Gasteiger partial charge in [0.05, 0.1) is 18.8 Å². The van der Waals surface area contributed by atoms with E-state index in [4.69, 9.17) is 4.98 Å². The van der Waals surface area contributed by atoms with Crippen LogP contribution in [0.2, 0.25) is 0 Å². The zero-order valence-corrected chi connectivity index (χ0v) is 11.6. The fourth-order valence-electron chi connectivity index (χ4n) is 2.49. The molecule has 0 amide bonds. The van der Waals surface area contributed by atoms with E-state index in [1.54, 1.807) is 16.2 Å². The molecular weight excluding hydrogens is 240 g/mol. The standard InChI is InChI=1S/C15H18N2S/c1-12-5-7-13(8-6-12)14-11-18-15(16-14)17-9-3-2-4-10-17/h5-8,11H,2-4,9-10H2,1H3/p+1. The molecule has 2 aromatic rings. The number of nitrogens with zero attached hydrogens (tertiary/aromatic N) is 1. The van der Waals surface area contributed by atoms with Crippen molar-refractivity contribution in [3.63, 3.8) is 0 Å². The van der Waals surface area contributed by atoms with Gasteiger partial charge in [-0.05, 0) is 26.2 Å². The Kier molecular flexibility index (Phi) is 3.43. The van der Waals surface area contributed by atoms with Crippen molar-refractivity contribution in [3.8, 4) is 11.3 Å². The van der Waals surface area contributed by atoms with Crippen LogP contribution in [-0.4, -0.2) is 18.1 Å². The van der Waals surface area contributed by atoms with Crippen molar-refractivity contribution in [1.82, 2.24) is 4.98 Å². The molecule has 1 aromatic carbocycles. The molecule has 0 aliphatic carbocycles. The van der Waals surface area contributed by atoms with Crippen LogP contribution in [0.5, 0.6) is 0 Å². The van der Waals surface area contributed by atoms with Crippen LogP contribution < -0.4 is 4.90 Å². The normalized spacial score (nSPS) is 16.9. The first-order valence-electron chi connectivity index (χ1n) is 6.70. The van der Waals surface area contributed by atoms with Gasteiger partial charge in [-0.1, -0.05) is 41.2 Å². The molecule has 1 aliphatic rings. The summed E-state index contributed by atoms with van der Waals surface area (Å²) in [7, 11) is 0. The largest absolute Gasteiger partial charge is 0.284 e. The number of hydrogen-bond acceptors (Lipinski definition) is 2. The molecule has 94 valence electrons. The second-order valence-corrected chi connectivity index (χ2v) is 5.93. The quantitative estimate of drug-likeness (QED) is 0.878. The van der Waals surface area contributed by atoms with Crippen molar-refractivity contribution in [2.45, 2.75) is 26.2 Å². The number of aryl methyl sites for hydroxylation is 1. The van der Waals surface area contributed by atoms with Crippen LogP contribution in [0, 0.1) is 6.92 Å². The number of quaternary nitrogens is 1. The zero-order chi connectivity index (χ0) is 12.4. The highest BCUT2D eigenvalue weighted by atomic mass is 32.1. The molecular formula is C15H19N2S+.